The summed E-state index contributed by atoms with van der Waals surface area (Å²) in [7, 11) is 1.54. The summed E-state index contributed by atoms with van der Waals surface area (Å²) in [4.78, 5) is 28.5. The molecule has 2 atom stereocenters. The van der Waals surface area contributed by atoms with Crippen LogP contribution < -0.4 is 24.4 Å². The third-order valence-electron chi connectivity index (χ3n) is 8.81. The quantitative estimate of drug-likeness (QED) is 0.224. The number of nitrogens with zero attached hydrogens (tertiary/aromatic N) is 5. The van der Waals surface area contributed by atoms with Gasteiger partial charge in [0, 0.05) is 68.8 Å². The average molecular weight is 633 g/mol. The van der Waals surface area contributed by atoms with E-state index in [1.165, 1.54) is 24.5 Å². The van der Waals surface area contributed by atoms with Crippen LogP contribution in [0, 0.1) is 17.7 Å². The molecule has 3 fully saturated rings. The second kappa shape index (κ2) is 11.7. The highest BCUT2D eigenvalue weighted by molar-refractivity contribution is 5.93. The first-order valence-corrected chi connectivity index (χ1v) is 15.0. The zero-order valence-electron chi connectivity index (χ0n) is 25.0. The Labute approximate surface area is 262 Å². The molecule has 13 heteroatoms. The lowest BCUT2D eigenvalue weighted by atomic mass is 10.1. The summed E-state index contributed by atoms with van der Waals surface area (Å²) in [5, 5.41) is 3.65. The highest BCUT2D eigenvalue weighted by Gasteiger charge is 2.71. The highest BCUT2D eigenvalue weighted by atomic mass is 19.3. The highest BCUT2D eigenvalue weighted by Crippen LogP contribution is 2.59. The Bertz CT molecular complexity index is 1800. The van der Waals surface area contributed by atoms with Crippen molar-refractivity contribution in [3.8, 4) is 23.0 Å². The Morgan fingerprint density at radius 3 is 2.50 bits per heavy atom. The Kier molecular flexibility index (Phi) is 7.53. The van der Waals surface area contributed by atoms with E-state index in [4.69, 9.17) is 14.2 Å². The summed E-state index contributed by atoms with van der Waals surface area (Å²) in [6.45, 7) is 5.17. The number of hydrogen-bond donors (Lipinski definition) is 1. The lowest BCUT2D eigenvalue weighted by molar-refractivity contribution is -0.127. The SMILES string of the molecule is C=CC(=O)N1CCC(Oc2cc3c(Nc4ccc(Oc5ccnc(N6CC7C(C6)C7(F)F)c5)cc4F)ncnc3cc2OC)CC1. The molecule has 0 spiro atoms. The molecule has 1 aliphatic carbocycles. The van der Waals surface area contributed by atoms with Crippen LogP contribution in [-0.4, -0.2) is 71.1 Å². The Morgan fingerprint density at radius 1 is 1.02 bits per heavy atom. The van der Waals surface area contributed by atoms with Gasteiger partial charge in [0.2, 0.25) is 5.91 Å². The molecule has 0 bridgehead atoms. The Morgan fingerprint density at radius 2 is 1.78 bits per heavy atom. The predicted molar refractivity (Wildman–Crippen MR) is 165 cm³/mol. The number of benzene rings is 2. The van der Waals surface area contributed by atoms with Gasteiger partial charge in [-0.25, -0.2) is 28.1 Å². The van der Waals surface area contributed by atoms with E-state index in [1.807, 2.05) is 4.90 Å². The molecule has 2 saturated heterocycles. The van der Waals surface area contributed by atoms with Crippen molar-refractivity contribution in [1.29, 1.82) is 0 Å². The molecule has 1 amide bonds. The van der Waals surface area contributed by atoms with E-state index >= 15 is 4.39 Å². The minimum atomic E-state index is -2.58. The molecule has 2 aromatic carbocycles. The van der Waals surface area contributed by atoms with Crippen LogP contribution in [0.15, 0.2) is 67.6 Å². The van der Waals surface area contributed by atoms with Crippen LogP contribution in [0.5, 0.6) is 23.0 Å². The topological polar surface area (TPSA) is 102 Å². The number of anilines is 3. The van der Waals surface area contributed by atoms with Gasteiger partial charge >= 0.3 is 0 Å². The first kappa shape index (κ1) is 29.6. The van der Waals surface area contributed by atoms with Crippen LogP contribution in [0.25, 0.3) is 10.9 Å². The third kappa shape index (κ3) is 5.61. The Hall–Kier alpha value is -5.07. The van der Waals surface area contributed by atoms with E-state index in [0.29, 0.717) is 65.7 Å². The van der Waals surface area contributed by atoms with Crippen LogP contribution in [0.4, 0.5) is 30.5 Å². The van der Waals surface area contributed by atoms with Crippen LogP contribution in [0.2, 0.25) is 0 Å². The van der Waals surface area contributed by atoms with E-state index in [9.17, 15) is 13.6 Å². The maximum Gasteiger partial charge on any atom is 0.258 e. The summed E-state index contributed by atoms with van der Waals surface area (Å²) >= 11 is 0. The summed E-state index contributed by atoms with van der Waals surface area (Å²) < 4.78 is 60.3. The van der Waals surface area contributed by atoms with Crippen molar-refractivity contribution in [1.82, 2.24) is 19.9 Å². The van der Waals surface area contributed by atoms with Crippen molar-refractivity contribution < 1.29 is 32.2 Å². The van der Waals surface area contributed by atoms with Gasteiger partial charge in [-0.05, 0) is 30.3 Å². The normalized spacial score (nSPS) is 20.3. The number of amides is 1. The molecule has 4 aromatic rings. The molecule has 10 nitrogen and oxygen atoms in total. The fraction of sp³-hybridized carbons (Fsp3) is 0.333. The zero-order valence-corrected chi connectivity index (χ0v) is 25.0. The average Bonchev–Trinajstić information content (AvgIpc) is 3.36. The first-order chi connectivity index (χ1) is 22.2. The molecular weight excluding hydrogens is 601 g/mol. The van der Waals surface area contributed by atoms with Crippen LogP contribution in [0.3, 0.4) is 0 Å². The van der Waals surface area contributed by atoms with Gasteiger partial charge in [-0.2, -0.15) is 0 Å². The standard InChI is InChI=1S/C33H31F3N6O4/c1-3-31(43)41-10-7-19(8-11-41)46-29-14-22-27(15-28(29)44-2)38-18-39-32(22)40-26-5-4-20(12-25(26)34)45-21-6-9-37-30(13-21)42-16-23-24(17-42)33(23,35)36/h3-6,9,12-15,18-19,23-24H,1,7-8,10-11,16-17H2,2H3,(H,38,39,40). The molecule has 1 saturated carbocycles. The number of ether oxygens (including phenoxy) is 3. The van der Waals surface area contributed by atoms with Gasteiger partial charge in [-0.1, -0.05) is 6.58 Å². The molecule has 3 aliphatic rings. The van der Waals surface area contributed by atoms with E-state index < -0.39 is 23.6 Å². The fourth-order valence-electron chi connectivity index (χ4n) is 6.17. The van der Waals surface area contributed by atoms with E-state index in [2.05, 4.69) is 26.8 Å². The number of hydrogen-bond acceptors (Lipinski definition) is 9. The van der Waals surface area contributed by atoms with Gasteiger partial charge in [0.05, 0.1) is 30.1 Å². The number of rotatable bonds is 9. The summed E-state index contributed by atoms with van der Waals surface area (Å²) in [5.74, 6) is -1.94. The van der Waals surface area contributed by atoms with Gasteiger partial charge in [-0.3, -0.25) is 4.79 Å². The maximum atomic E-state index is 15.3. The number of carbonyl (C=O) groups is 1. The minimum Gasteiger partial charge on any atom is -0.493 e. The lowest BCUT2D eigenvalue weighted by Crippen LogP contribution is -2.41. The lowest BCUT2D eigenvalue weighted by Gasteiger charge is -2.31. The second-order valence-corrected chi connectivity index (χ2v) is 11.6. The van der Waals surface area contributed by atoms with Crippen molar-refractivity contribution in [3.63, 3.8) is 0 Å². The number of fused-ring (bicyclic) bond motifs is 2. The first-order valence-electron chi connectivity index (χ1n) is 15.0. The van der Waals surface area contributed by atoms with E-state index in [-0.39, 0.29) is 36.5 Å². The maximum absolute atomic E-state index is 15.3. The van der Waals surface area contributed by atoms with E-state index in [0.717, 1.165) is 0 Å². The van der Waals surface area contributed by atoms with Crippen molar-refractivity contribution in [2.45, 2.75) is 24.9 Å². The molecule has 2 aliphatic heterocycles. The molecule has 2 unspecified atom stereocenters. The fourth-order valence-corrected chi connectivity index (χ4v) is 6.17. The summed E-state index contributed by atoms with van der Waals surface area (Å²) in [6, 6.07) is 11.2. The number of pyridine rings is 1. The van der Waals surface area contributed by atoms with Gasteiger partial charge in [0.15, 0.2) is 11.5 Å². The van der Waals surface area contributed by atoms with Crippen molar-refractivity contribution in [3.05, 3.63) is 73.5 Å². The minimum absolute atomic E-state index is 0.0988. The molecular formula is C33H31F3N6O4. The second-order valence-electron chi connectivity index (χ2n) is 11.6. The molecule has 0 radical (unpaired) electrons. The smallest absolute Gasteiger partial charge is 0.258 e. The molecule has 46 heavy (non-hydrogen) atoms. The van der Waals surface area contributed by atoms with Crippen molar-refractivity contribution in [2.24, 2.45) is 11.8 Å². The van der Waals surface area contributed by atoms with E-state index in [1.54, 1.807) is 48.5 Å². The molecule has 7 rings (SSSR count). The number of methoxy groups -OCH3 is 1. The van der Waals surface area contributed by atoms with Crippen LogP contribution in [-0.2, 0) is 4.79 Å². The number of piperidine rings is 2. The number of nitrogens with one attached hydrogen (secondary N) is 1. The number of carbonyl (C=O) groups excluding carboxylic acids is 1. The van der Waals surface area contributed by atoms with Crippen LogP contribution in [0.1, 0.15) is 12.8 Å². The number of likely N-dealkylation sites (tertiary alicyclic amines) is 1. The number of aromatic nitrogens is 3. The molecule has 4 heterocycles. The largest absolute Gasteiger partial charge is 0.493 e. The predicted octanol–water partition coefficient (Wildman–Crippen LogP) is 5.97. The Balaban J connectivity index is 1.06. The van der Waals surface area contributed by atoms with Crippen molar-refractivity contribution >= 4 is 34.1 Å². The number of halogens is 3. The molecule has 238 valence electrons. The van der Waals surface area contributed by atoms with Gasteiger partial charge in [0.1, 0.15) is 41.4 Å². The van der Waals surface area contributed by atoms with Gasteiger partial charge in [-0.15, -0.1) is 0 Å². The third-order valence-corrected chi connectivity index (χ3v) is 8.81. The number of alkyl halides is 2. The summed E-state index contributed by atoms with van der Waals surface area (Å²) in [6.07, 6.45) is 5.39. The van der Waals surface area contributed by atoms with Crippen LogP contribution >= 0.6 is 0 Å². The monoisotopic (exact) mass is 632 g/mol. The zero-order chi connectivity index (χ0) is 32.0. The molecule has 2 aromatic heterocycles. The van der Waals surface area contributed by atoms with Gasteiger partial charge < -0.3 is 29.3 Å². The summed E-state index contributed by atoms with van der Waals surface area (Å²) in [5.41, 5.74) is 0.735. The molecule has 1 N–H and O–H groups in total. The van der Waals surface area contributed by atoms with Gasteiger partial charge in [0.25, 0.3) is 5.92 Å². The van der Waals surface area contributed by atoms with Crippen molar-refractivity contribution in [2.75, 3.05) is 43.5 Å².